The molecule has 1 radical (unpaired) electrons. The van der Waals surface area contributed by atoms with Gasteiger partial charge in [0.1, 0.15) is 0 Å². The van der Waals surface area contributed by atoms with Crippen molar-refractivity contribution in [1.82, 2.24) is 10.2 Å². The Bertz CT molecular complexity index is 95.6. The minimum absolute atomic E-state index is 0.268. The van der Waals surface area contributed by atoms with E-state index in [9.17, 15) is 0 Å². The van der Waals surface area contributed by atoms with E-state index in [1.165, 1.54) is 0 Å². The quantitative estimate of drug-likeness (QED) is 0.554. The molecule has 1 aliphatic heterocycles. The molecule has 0 aromatic heterocycles. The summed E-state index contributed by atoms with van der Waals surface area (Å²) in [5.41, 5.74) is 0. The van der Waals surface area contributed by atoms with Gasteiger partial charge in [-0.15, -0.1) is 0 Å². The van der Waals surface area contributed by atoms with Crippen molar-refractivity contribution in [3.63, 3.8) is 0 Å². The van der Waals surface area contributed by atoms with Gasteiger partial charge in [-0.25, -0.2) is 5.32 Å². The van der Waals surface area contributed by atoms with E-state index in [0.717, 1.165) is 26.2 Å². The first-order valence-corrected chi connectivity index (χ1v) is 3.82. The van der Waals surface area contributed by atoms with E-state index in [0.29, 0.717) is 6.04 Å². The lowest BCUT2D eigenvalue weighted by atomic mass is 10.2. The van der Waals surface area contributed by atoms with Crippen molar-refractivity contribution in [3.05, 3.63) is 0 Å². The first-order chi connectivity index (χ1) is 4.84. The zero-order valence-electron chi connectivity index (χ0n) is 6.45. The average molecular weight is 143 g/mol. The van der Waals surface area contributed by atoms with Crippen LogP contribution in [0.4, 0.5) is 0 Å². The maximum atomic E-state index is 8.66. The fraction of sp³-hybridized carbons (Fsp3) is 1.00. The number of β-amino-alcohol motifs (C(OH)–C–C–N with tert-alkyl or cyclic N) is 1. The summed E-state index contributed by atoms with van der Waals surface area (Å²) in [6.45, 7) is 6.10. The number of hydrogen-bond donors (Lipinski definition) is 1. The molecule has 0 aromatic rings. The number of hydrogen-bond acceptors (Lipinski definition) is 2. The monoisotopic (exact) mass is 143 g/mol. The zero-order valence-corrected chi connectivity index (χ0v) is 6.45. The Morgan fingerprint density at radius 3 is 3.10 bits per heavy atom. The van der Waals surface area contributed by atoms with Crippen LogP contribution in [0.15, 0.2) is 0 Å². The van der Waals surface area contributed by atoms with Crippen LogP contribution in [0.1, 0.15) is 6.92 Å². The van der Waals surface area contributed by atoms with Crippen LogP contribution < -0.4 is 5.32 Å². The van der Waals surface area contributed by atoms with Crippen LogP contribution in [0.25, 0.3) is 0 Å². The van der Waals surface area contributed by atoms with Gasteiger partial charge in [0.25, 0.3) is 0 Å². The Morgan fingerprint density at radius 1 is 1.70 bits per heavy atom. The normalized spacial score (nSPS) is 28.8. The molecule has 0 spiro atoms. The fourth-order valence-corrected chi connectivity index (χ4v) is 1.27. The van der Waals surface area contributed by atoms with E-state index < -0.39 is 0 Å². The van der Waals surface area contributed by atoms with E-state index in [1.54, 1.807) is 0 Å². The second-order valence-electron chi connectivity index (χ2n) is 2.74. The molecule has 0 aromatic carbocycles. The van der Waals surface area contributed by atoms with Gasteiger partial charge in [-0.05, 0) is 6.92 Å². The fourth-order valence-electron chi connectivity index (χ4n) is 1.27. The highest BCUT2D eigenvalue weighted by atomic mass is 16.3. The van der Waals surface area contributed by atoms with Gasteiger partial charge in [0.05, 0.1) is 6.61 Å². The van der Waals surface area contributed by atoms with Gasteiger partial charge in [-0.1, -0.05) is 0 Å². The summed E-state index contributed by atoms with van der Waals surface area (Å²) in [6, 6.07) is 0.529. The van der Waals surface area contributed by atoms with E-state index in [1.807, 2.05) is 0 Å². The Balaban J connectivity index is 2.25. The number of aliphatic hydroxyl groups excluding tert-OH is 1. The Morgan fingerprint density at radius 2 is 2.50 bits per heavy atom. The van der Waals surface area contributed by atoms with Crippen LogP contribution in [0.3, 0.4) is 0 Å². The third-order valence-electron chi connectivity index (χ3n) is 1.95. The van der Waals surface area contributed by atoms with Crippen molar-refractivity contribution < 1.29 is 5.11 Å². The molecule has 1 fully saturated rings. The van der Waals surface area contributed by atoms with Crippen LogP contribution in [0, 0.1) is 0 Å². The third-order valence-corrected chi connectivity index (χ3v) is 1.95. The minimum Gasteiger partial charge on any atom is -0.395 e. The van der Waals surface area contributed by atoms with Crippen molar-refractivity contribution in [2.75, 3.05) is 32.8 Å². The lowest BCUT2D eigenvalue weighted by Gasteiger charge is -2.32. The molecule has 0 amide bonds. The summed E-state index contributed by atoms with van der Waals surface area (Å²) in [5, 5.41) is 12.9. The Kier molecular flexibility index (Phi) is 3.12. The molecule has 1 N–H and O–H groups in total. The SMILES string of the molecule is C[C@@H]1C[N]CCN1CCO. The highest BCUT2D eigenvalue weighted by molar-refractivity contribution is 4.74. The van der Waals surface area contributed by atoms with Crippen LogP contribution in [0.2, 0.25) is 0 Å². The molecule has 1 heterocycles. The molecule has 0 saturated carbocycles. The number of rotatable bonds is 2. The van der Waals surface area contributed by atoms with Gasteiger partial charge in [-0.3, -0.25) is 4.90 Å². The maximum absolute atomic E-state index is 8.66. The van der Waals surface area contributed by atoms with Gasteiger partial charge in [0.15, 0.2) is 0 Å². The predicted molar refractivity (Wildman–Crippen MR) is 40.0 cm³/mol. The van der Waals surface area contributed by atoms with Crippen molar-refractivity contribution in [2.45, 2.75) is 13.0 Å². The molecule has 3 nitrogen and oxygen atoms in total. The van der Waals surface area contributed by atoms with Crippen LogP contribution >= 0.6 is 0 Å². The minimum atomic E-state index is 0.268. The topological polar surface area (TPSA) is 37.6 Å². The lowest BCUT2D eigenvalue weighted by molar-refractivity contribution is 0.134. The van der Waals surface area contributed by atoms with Gasteiger partial charge >= 0.3 is 0 Å². The molecule has 1 atom stereocenters. The van der Waals surface area contributed by atoms with E-state index >= 15 is 0 Å². The molecule has 1 rings (SSSR count). The third kappa shape index (κ3) is 1.94. The highest BCUT2D eigenvalue weighted by Gasteiger charge is 2.16. The summed E-state index contributed by atoms with van der Waals surface area (Å²) in [5.74, 6) is 0. The first-order valence-electron chi connectivity index (χ1n) is 3.82. The van der Waals surface area contributed by atoms with E-state index in [2.05, 4.69) is 17.1 Å². The maximum Gasteiger partial charge on any atom is 0.0558 e. The molecule has 1 aliphatic rings. The summed E-state index contributed by atoms with van der Waals surface area (Å²) in [7, 11) is 0. The van der Waals surface area contributed by atoms with Gasteiger partial charge in [-0.2, -0.15) is 0 Å². The van der Waals surface area contributed by atoms with Crippen LogP contribution in [-0.2, 0) is 0 Å². The molecule has 0 aliphatic carbocycles. The smallest absolute Gasteiger partial charge is 0.0558 e. The highest BCUT2D eigenvalue weighted by Crippen LogP contribution is 2.01. The van der Waals surface area contributed by atoms with E-state index in [-0.39, 0.29) is 6.61 Å². The van der Waals surface area contributed by atoms with Gasteiger partial charge < -0.3 is 5.11 Å². The van der Waals surface area contributed by atoms with Crippen LogP contribution in [0.5, 0.6) is 0 Å². The summed E-state index contributed by atoms with van der Waals surface area (Å²) < 4.78 is 0. The van der Waals surface area contributed by atoms with Crippen molar-refractivity contribution in [3.8, 4) is 0 Å². The molecular weight excluding hydrogens is 128 g/mol. The summed E-state index contributed by atoms with van der Waals surface area (Å²) in [6.07, 6.45) is 0. The van der Waals surface area contributed by atoms with Gasteiger partial charge in [0, 0.05) is 32.2 Å². The largest absolute Gasteiger partial charge is 0.395 e. The number of piperazine rings is 1. The first kappa shape index (κ1) is 7.98. The van der Waals surface area contributed by atoms with Crippen molar-refractivity contribution in [2.24, 2.45) is 0 Å². The Hall–Kier alpha value is -0.120. The lowest BCUT2D eigenvalue weighted by Crippen LogP contribution is -2.47. The molecular formula is C7H15N2O. The summed E-state index contributed by atoms with van der Waals surface area (Å²) >= 11 is 0. The molecule has 0 bridgehead atoms. The predicted octanol–water partition coefficient (Wildman–Crippen LogP) is -0.713. The van der Waals surface area contributed by atoms with Crippen molar-refractivity contribution in [1.29, 1.82) is 0 Å². The zero-order chi connectivity index (χ0) is 7.40. The Labute approximate surface area is 62.0 Å². The second-order valence-corrected chi connectivity index (χ2v) is 2.74. The van der Waals surface area contributed by atoms with Crippen molar-refractivity contribution >= 4 is 0 Å². The molecule has 3 heteroatoms. The molecule has 10 heavy (non-hydrogen) atoms. The molecule has 0 unspecified atom stereocenters. The standard InChI is InChI=1S/C7H15N2O/c1-7-6-8-2-3-9(7)4-5-10/h7,10H,2-6H2,1H3/t7-/m1/s1. The number of nitrogens with zero attached hydrogens (tertiary/aromatic N) is 2. The molecule has 1 saturated heterocycles. The van der Waals surface area contributed by atoms with Crippen LogP contribution in [-0.4, -0.2) is 48.8 Å². The molecule has 59 valence electrons. The summed E-state index contributed by atoms with van der Waals surface area (Å²) in [4.78, 5) is 2.27. The average Bonchev–Trinajstić information content (AvgIpc) is 1.94. The van der Waals surface area contributed by atoms with Gasteiger partial charge in [0.2, 0.25) is 0 Å². The number of aliphatic hydroxyl groups is 1. The second kappa shape index (κ2) is 3.91. The van der Waals surface area contributed by atoms with E-state index in [4.69, 9.17) is 5.11 Å².